The van der Waals surface area contributed by atoms with Crippen molar-refractivity contribution in [3.63, 3.8) is 0 Å². The van der Waals surface area contributed by atoms with Crippen molar-refractivity contribution in [1.82, 2.24) is 5.32 Å². The Kier molecular flexibility index (Phi) is 3.02. The van der Waals surface area contributed by atoms with E-state index in [0.29, 0.717) is 0 Å². The molecule has 0 aromatic heterocycles. The first-order valence-electron chi connectivity index (χ1n) is 4.67. The smallest absolute Gasteiger partial charge is 0.335 e. The fraction of sp³-hybridized carbons (Fsp3) is 0.600. The molecule has 0 aromatic carbocycles. The molecule has 1 N–H and O–H groups in total. The highest BCUT2D eigenvalue weighted by Crippen LogP contribution is 2.13. The minimum Gasteiger partial charge on any atom is -0.460 e. The van der Waals surface area contributed by atoms with Crippen LogP contribution in [0.2, 0.25) is 0 Å². The number of hydrogen-bond acceptors (Lipinski definition) is 5. The second-order valence-electron chi connectivity index (χ2n) is 4.33. The maximum absolute atomic E-state index is 11.4. The highest BCUT2D eigenvalue weighted by molar-refractivity contribution is 5.85. The molecular weight excluding hydrogens is 198 g/mol. The topological polar surface area (TPSA) is 64.6 Å². The second kappa shape index (κ2) is 3.92. The van der Waals surface area contributed by atoms with E-state index in [2.05, 4.69) is 16.6 Å². The normalized spacial score (nSPS) is 20.9. The van der Waals surface area contributed by atoms with Crippen molar-refractivity contribution in [1.29, 1.82) is 0 Å². The molecule has 1 heterocycles. The van der Waals surface area contributed by atoms with E-state index in [0.717, 1.165) is 0 Å². The average molecular weight is 213 g/mol. The molecule has 0 aliphatic carbocycles. The van der Waals surface area contributed by atoms with E-state index in [4.69, 9.17) is 4.74 Å². The van der Waals surface area contributed by atoms with Gasteiger partial charge in [0.2, 0.25) is 0 Å². The third kappa shape index (κ3) is 3.61. The largest absolute Gasteiger partial charge is 0.460 e. The van der Waals surface area contributed by atoms with Gasteiger partial charge in [0.15, 0.2) is 5.88 Å². The van der Waals surface area contributed by atoms with Gasteiger partial charge in [-0.15, -0.1) is 0 Å². The van der Waals surface area contributed by atoms with Crippen LogP contribution in [0.3, 0.4) is 0 Å². The fourth-order valence-corrected chi connectivity index (χ4v) is 1.16. The minimum absolute atomic E-state index is 0.0465. The highest BCUT2D eigenvalue weighted by atomic mass is 16.6. The Morgan fingerprint density at radius 3 is 2.60 bits per heavy atom. The quantitative estimate of drug-likeness (QED) is 0.684. The van der Waals surface area contributed by atoms with Crippen LogP contribution in [-0.4, -0.2) is 23.6 Å². The number of hydrogen-bond donors (Lipinski definition) is 1. The zero-order valence-electron chi connectivity index (χ0n) is 9.12. The van der Waals surface area contributed by atoms with Crippen LogP contribution in [0, 0.1) is 0 Å². The Balaban J connectivity index is 2.45. The van der Waals surface area contributed by atoms with Gasteiger partial charge in [-0.2, -0.15) is 0 Å². The van der Waals surface area contributed by atoms with Crippen LogP contribution in [-0.2, 0) is 19.1 Å². The number of esters is 2. The summed E-state index contributed by atoms with van der Waals surface area (Å²) in [6.45, 7) is 8.73. The zero-order valence-corrected chi connectivity index (χ0v) is 9.12. The summed E-state index contributed by atoms with van der Waals surface area (Å²) in [6, 6.07) is -0.674. The van der Waals surface area contributed by atoms with E-state index >= 15 is 0 Å². The van der Waals surface area contributed by atoms with Gasteiger partial charge in [0.05, 0.1) is 6.42 Å². The van der Waals surface area contributed by atoms with Crippen molar-refractivity contribution in [2.24, 2.45) is 0 Å². The summed E-state index contributed by atoms with van der Waals surface area (Å²) in [7, 11) is 0. The molecule has 1 fully saturated rings. The molecule has 84 valence electrons. The lowest BCUT2D eigenvalue weighted by molar-refractivity contribution is -0.157. The minimum atomic E-state index is -0.674. The molecule has 0 spiro atoms. The molecule has 15 heavy (non-hydrogen) atoms. The predicted octanol–water partition coefficient (Wildman–Crippen LogP) is 0.704. The molecule has 0 saturated carbocycles. The number of rotatable bonds is 2. The molecule has 1 saturated heterocycles. The molecule has 5 nitrogen and oxygen atoms in total. The number of ether oxygens (including phenoxy) is 2. The number of carbonyl (C=O) groups excluding carboxylic acids is 2. The third-order valence-corrected chi connectivity index (χ3v) is 1.63. The number of carbonyl (C=O) groups is 2. The molecule has 1 aliphatic rings. The van der Waals surface area contributed by atoms with Crippen LogP contribution < -0.4 is 5.32 Å². The summed E-state index contributed by atoms with van der Waals surface area (Å²) in [5, 5.41) is 2.65. The first-order chi connectivity index (χ1) is 6.78. The van der Waals surface area contributed by atoms with Gasteiger partial charge in [0, 0.05) is 0 Å². The molecule has 5 heteroatoms. The summed E-state index contributed by atoms with van der Waals surface area (Å²) in [5.74, 6) is -0.758. The lowest BCUT2D eigenvalue weighted by atomic mass is 10.2. The summed E-state index contributed by atoms with van der Waals surface area (Å²) >= 11 is 0. The first-order valence-corrected chi connectivity index (χ1v) is 4.67. The van der Waals surface area contributed by atoms with E-state index < -0.39 is 23.6 Å². The Hall–Kier alpha value is -1.52. The Labute approximate surface area is 88.4 Å². The molecular formula is C10H15NO4. The van der Waals surface area contributed by atoms with E-state index in [9.17, 15) is 9.59 Å². The van der Waals surface area contributed by atoms with Gasteiger partial charge in [-0.25, -0.2) is 4.79 Å². The maximum Gasteiger partial charge on any atom is 0.335 e. The Bertz CT molecular complexity index is 303. The summed E-state index contributed by atoms with van der Waals surface area (Å²) in [6.07, 6.45) is -0.0465. The van der Waals surface area contributed by atoms with Crippen molar-refractivity contribution < 1.29 is 19.1 Å². The van der Waals surface area contributed by atoms with Gasteiger partial charge in [0.25, 0.3) is 0 Å². The monoisotopic (exact) mass is 213 g/mol. The van der Waals surface area contributed by atoms with Crippen LogP contribution in [0.1, 0.15) is 27.2 Å². The van der Waals surface area contributed by atoms with Gasteiger partial charge >= 0.3 is 11.9 Å². The summed E-state index contributed by atoms with van der Waals surface area (Å²) in [4.78, 5) is 22.5. The van der Waals surface area contributed by atoms with Crippen LogP contribution in [0.15, 0.2) is 12.5 Å². The molecule has 0 amide bonds. The molecule has 0 bridgehead atoms. The van der Waals surface area contributed by atoms with E-state index in [1.807, 2.05) is 0 Å². The fourth-order valence-electron chi connectivity index (χ4n) is 1.16. The predicted molar refractivity (Wildman–Crippen MR) is 52.6 cm³/mol. The van der Waals surface area contributed by atoms with Crippen LogP contribution in [0.25, 0.3) is 0 Å². The van der Waals surface area contributed by atoms with Gasteiger partial charge < -0.3 is 14.8 Å². The SMILES string of the molecule is C=C1N[C@@H](CC(=O)OC(C)(C)C)C(=O)O1. The van der Waals surface area contributed by atoms with Gasteiger partial charge in [-0.05, 0) is 27.4 Å². The third-order valence-electron chi connectivity index (χ3n) is 1.63. The molecule has 0 radical (unpaired) electrons. The van der Waals surface area contributed by atoms with Crippen LogP contribution in [0.5, 0.6) is 0 Å². The Morgan fingerprint density at radius 2 is 2.20 bits per heavy atom. The second-order valence-corrected chi connectivity index (χ2v) is 4.33. The first kappa shape index (κ1) is 11.6. The maximum atomic E-state index is 11.4. The van der Waals surface area contributed by atoms with Crippen molar-refractivity contribution >= 4 is 11.9 Å². The average Bonchev–Trinajstić information content (AvgIpc) is 2.25. The summed E-state index contributed by atoms with van der Waals surface area (Å²) < 4.78 is 9.72. The standard InChI is InChI=1S/C10H15NO4/c1-6-11-7(9(13)14-6)5-8(12)15-10(2,3)4/h7,11H,1,5H2,2-4H3/t7-/m0/s1. The summed E-state index contributed by atoms with van der Waals surface area (Å²) in [5.41, 5.74) is -0.545. The van der Waals surface area contributed by atoms with Crippen molar-refractivity contribution in [3.8, 4) is 0 Å². The molecule has 1 atom stereocenters. The molecule has 1 aliphatic heterocycles. The number of nitrogens with one attached hydrogen (secondary N) is 1. The van der Waals surface area contributed by atoms with Gasteiger partial charge in [0.1, 0.15) is 11.6 Å². The molecule has 1 rings (SSSR count). The van der Waals surface area contributed by atoms with Gasteiger partial charge in [-0.1, -0.05) is 0 Å². The number of cyclic esters (lactones) is 1. The van der Waals surface area contributed by atoms with E-state index in [-0.39, 0.29) is 12.3 Å². The Morgan fingerprint density at radius 1 is 1.60 bits per heavy atom. The van der Waals surface area contributed by atoms with Gasteiger partial charge in [-0.3, -0.25) is 4.79 Å². The van der Waals surface area contributed by atoms with Crippen molar-refractivity contribution in [3.05, 3.63) is 12.5 Å². The molecule has 0 unspecified atom stereocenters. The van der Waals surface area contributed by atoms with E-state index in [1.54, 1.807) is 20.8 Å². The van der Waals surface area contributed by atoms with Crippen molar-refractivity contribution in [2.75, 3.05) is 0 Å². The van der Waals surface area contributed by atoms with Crippen LogP contribution >= 0.6 is 0 Å². The molecule has 0 aromatic rings. The lowest BCUT2D eigenvalue weighted by Gasteiger charge is -2.20. The lowest BCUT2D eigenvalue weighted by Crippen LogP contribution is -2.33. The highest BCUT2D eigenvalue weighted by Gasteiger charge is 2.32. The van der Waals surface area contributed by atoms with Crippen LogP contribution in [0.4, 0.5) is 0 Å². The zero-order chi connectivity index (χ0) is 11.6. The van der Waals surface area contributed by atoms with Crippen molar-refractivity contribution in [2.45, 2.75) is 38.8 Å². The van der Waals surface area contributed by atoms with E-state index in [1.165, 1.54) is 0 Å².